The van der Waals surface area contributed by atoms with Gasteiger partial charge in [0.1, 0.15) is 0 Å². The van der Waals surface area contributed by atoms with E-state index in [1.54, 1.807) is 0 Å². The third-order valence-corrected chi connectivity index (χ3v) is 5.35. The Morgan fingerprint density at radius 2 is 1.50 bits per heavy atom. The molecule has 1 saturated heterocycles. The fourth-order valence-corrected chi connectivity index (χ4v) is 3.88. The summed E-state index contributed by atoms with van der Waals surface area (Å²) in [5.41, 5.74) is 3.83. The van der Waals surface area contributed by atoms with Crippen LogP contribution in [0.4, 0.5) is 11.4 Å². The van der Waals surface area contributed by atoms with Gasteiger partial charge in [-0.05, 0) is 23.3 Å². The highest BCUT2D eigenvalue weighted by atomic mass is 16.2. The second-order valence-corrected chi connectivity index (χ2v) is 7.41. The lowest BCUT2D eigenvalue weighted by Gasteiger charge is -2.30. The number of piperazine rings is 1. The van der Waals surface area contributed by atoms with Gasteiger partial charge in [-0.15, -0.1) is 0 Å². The molecule has 152 valence electrons. The summed E-state index contributed by atoms with van der Waals surface area (Å²) >= 11 is 0. The third-order valence-electron chi connectivity index (χ3n) is 5.35. The number of benzene rings is 3. The number of carbonyl (C=O) groups excluding carboxylic acids is 2. The standard InChI is InChI=1S/C25H25N3O2/c29-24(17-21(19-9-3-1-4-10-19)20-11-5-2-6-12-20)27-22-13-7-8-14-23(22)28-16-15-26-25(30)18-28/h1-14,21H,15-18H2,(H,26,30)(H,27,29). The van der Waals surface area contributed by atoms with E-state index in [1.807, 2.05) is 65.6 Å². The zero-order chi connectivity index (χ0) is 20.8. The lowest BCUT2D eigenvalue weighted by atomic mass is 9.88. The van der Waals surface area contributed by atoms with Crippen molar-refractivity contribution in [1.82, 2.24) is 5.32 Å². The Kier molecular flexibility index (Phi) is 6.09. The summed E-state index contributed by atoms with van der Waals surface area (Å²) in [6.07, 6.45) is 0.336. The Bertz CT molecular complexity index is 966. The number of hydrogen-bond acceptors (Lipinski definition) is 3. The molecule has 1 aliphatic heterocycles. The van der Waals surface area contributed by atoms with Crippen LogP contribution in [0.1, 0.15) is 23.5 Å². The summed E-state index contributed by atoms with van der Waals surface area (Å²) in [6.45, 7) is 1.62. The highest BCUT2D eigenvalue weighted by Gasteiger charge is 2.21. The molecular formula is C25H25N3O2. The number of anilines is 2. The predicted octanol–water partition coefficient (Wildman–Crippen LogP) is 3.78. The van der Waals surface area contributed by atoms with Gasteiger partial charge in [0.2, 0.25) is 11.8 Å². The summed E-state index contributed by atoms with van der Waals surface area (Å²) < 4.78 is 0. The van der Waals surface area contributed by atoms with E-state index in [4.69, 9.17) is 0 Å². The number of nitrogens with zero attached hydrogens (tertiary/aromatic N) is 1. The Labute approximate surface area is 176 Å². The maximum atomic E-state index is 13.1. The average Bonchev–Trinajstić information content (AvgIpc) is 2.79. The van der Waals surface area contributed by atoms with E-state index in [-0.39, 0.29) is 17.7 Å². The van der Waals surface area contributed by atoms with E-state index >= 15 is 0 Å². The molecule has 5 nitrogen and oxygen atoms in total. The molecular weight excluding hydrogens is 374 g/mol. The van der Waals surface area contributed by atoms with Gasteiger partial charge in [-0.25, -0.2) is 0 Å². The minimum atomic E-state index is -0.0541. The van der Waals surface area contributed by atoms with Crippen LogP contribution in [0.3, 0.4) is 0 Å². The zero-order valence-electron chi connectivity index (χ0n) is 16.8. The number of amides is 2. The number of para-hydroxylation sites is 2. The molecule has 1 fully saturated rings. The quantitative estimate of drug-likeness (QED) is 0.663. The molecule has 30 heavy (non-hydrogen) atoms. The van der Waals surface area contributed by atoms with Gasteiger partial charge in [0.25, 0.3) is 0 Å². The molecule has 5 heteroatoms. The van der Waals surface area contributed by atoms with Crippen molar-refractivity contribution in [2.45, 2.75) is 12.3 Å². The molecule has 1 aliphatic rings. The van der Waals surface area contributed by atoms with Crippen LogP contribution in [-0.4, -0.2) is 31.4 Å². The Balaban J connectivity index is 1.54. The first-order chi connectivity index (χ1) is 14.7. The van der Waals surface area contributed by atoms with Crippen LogP contribution in [0, 0.1) is 0 Å². The summed E-state index contributed by atoms with van der Waals surface area (Å²) in [5.74, 6) is -0.0856. The number of hydrogen-bond donors (Lipinski definition) is 2. The number of carbonyl (C=O) groups is 2. The van der Waals surface area contributed by atoms with Crippen LogP contribution < -0.4 is 15.5 Å². The van der Waals surface area contributed by atoms with Crippen LogP contribution in [0.5, 0.6) is 0 Å². The van der Waals surface area contributed by atoms with E-state index in [1.165, 1.54) is 0 Å². The molecule has 1 heterocycles. The van der Waals surface area contributed by atoms with Crippen molar-refractivity contribution >= 4 is 23.2 Å². The smallest absolute Gasteiger partial charge is 0.239 e. The van der Waals surface area contributed by atoms with Crippen molar-refractivity contribution in [2.24, 2.45) is 0 Å². The first-order valence-electron chi connectivity index (χ1n) is 10.2. The fraction of sp³-hybridized carbons (Fsp3) is 0.200. The first kappa shape index (κ1) is 19.7. The highest BCUT2D eigenvalue weighted by Crippen LogP contribution is 2.30. The summed E-state index contributed by atoms with van der Waals surface area (Å²) in [6, 6.07) is 27.9. The molecule has 0 spiro atoms. The minimum Gasteiger partial charge on any atom is -0.359 e. The van der Waals surface area contributed by atoms with Gasteiger partial charge in [0, 0.05) is 25.4 Å². The highest BCUT2D eigenvalue weighted by molar-refractivity contribution is 5.96. The van der Waals surface area contributed by atoms with Crippen LogP contribution in [0.15, 0.2) is 84.9 Å². The fourth-order valence-electron chi connectivity index (χ4n) is 3.88. The summed E-state index contributed by atoms with van der Waals surface area (Å²) in [4.78, 5) is 26.9. The van der Waals surface area contributed by atoms with Crippen molar-refractivity contribution in [3.8, 4) is 0 Å². The average molecular weight is 399 g/mol. The molecule has 2 amide bonds. The molecule has 2 N–H and O–H groups in total. The number of nitrogens with one attached hydrogen (secondary N) is 2. The van der Waals surface area contributed by atoms with E-state index in [0.717, 1.165) is 29.0 Å². The van der Waals surface area contributed by atoms with Crippen molar-refractivity contribution in [3.63, 3.8) is 0 Å². The monoisotopic (exact) mass is 399 g/mol. The second kappa shape index (κ2) is 9.27. The van der Waals surface area contributed by atoms with Gasteiger partial charge in [0.05, 0.1) is 17.9 Å². The van der Waals surface area contributed by atoms with Crippen molar-refractivity contribution in [2.75, 3.05) is 29.9 Å². The minimum absolute atomic E-state index is 0.00408. The van der Waals surface area contributed by atoms with Crippen LogP contribution in [0.25, 0.3) is 0 Å². The molecule has 0 bridgehead atoms. The van der Waals surface area contributed by atoms with E-state index in [9.17, 15) is 9.59 Å². The first-order valence-corrected chi connectivity index (χ1v) is 10.2. The number of rotatable bonds is 6. The van der Waals surface area contributed by atoms with Gasteiger partial charge < -0.3 is 15.5 Å². The third kappa shape index (κ3) is 4.69. The molecule has 0 aliphatic carbocycles. The lowest BCUT2D eigenvalue weighted by molar-refractivity contribution is -0.120. The van der Waals surface area contributed by atoms with Gasteiger partial charge in [-0.1, -0.05) is 72.8 Å². The van der Waals surface area contributed by atoms with E-state index in [2.05, 4.69) is 34.9 Å². The maximum absolute atomic E-state index is 13.1. The van der Waals surface area contributed by atoms with Crippen LogP contribution in [-0.2, 0) is 9.59 Å². The summed E-state index contributed by atoms with van der Waals surface area (Å²) in [5, 5.41) is 5.92. The molecule has 0 radical (unpaired) electrons. The molecule has 3 aromatic rings. The predicted molar refractivity (Wildman–Crippen MR) is 120 cm³/mol. The van der Waals surface area contributed by atoms with Gasteiger partial charge >= 0.3 is 0 Å². The molecule has 0 atom stereocenters. The lowest BCUT2D eigenvalue weighted by Crippen LogP contribution is -2.47. The summed E-state index contributed by atoms with van der Waals surface area (Å²) in [7, 11) is 0. The van der Waals surface area contributed by atoms with Gasteiger partial charge in [-0.3, -0.25) is 9.59 Å². The van der Waals surface area contributed by atoms with E-state index in [0.29, 0.717) is 19.5 Å². The zero-order valence-corrected chi connectivity index (χ0v) is 16.8. The molecule has 0 aromatic heterocycles. The Morgan fingerprint density at radius 1 is 0.900 bits per heavy atom. The van der Waals surface area contributed by atoms with Gasteiger partial charge in [-0.2, -0.15) is 0 Å². The topological polar surface area (TPSA) is 61.4 Å². The molecule has 0 saturated carbocycles. The normalized spacial score (nSPS) is 13.8. The Morgan fingerprint density at radius 3 is 2.13 bits per heavy atom. The Hall–Kier alpha value is -3.60. The van der Waals surface area contributed by atoms with Crippen molar-refractivity contribution in [3.05, 3.63) is 96.1 Å². The SMILES string of the molecule is O=C1CN(c2ccccc2NC(=O)CC(c2ccccc2)c2ccccc2)CCN1. The van der Waals surface area contributed by atoms with Crippen molar-refractivity contribution in [1.29, 1.82) is 0 Å². The molecule has 4 rings (SSSR count). The van der Waals surface area contributed by atoms with Crippen molar-refractivity contribution < 1.29 is 9.59 Å². The molecule has 3 aromatic carbocycles. The largest absolute Gasteiger partial charge is 0.359 e. The second-order valence-electron chi connectivity index (χ2n) is 7.41. The maximum Gasteiger partial charge on any atom is 0.239 e. The van der Waals surface area contributed by atoms with Crippen LogP contribution >= 0.6 is 0 Å². The van der Waals surface area contributed by atoms with Gasteiger partial charge in [0.15, 0.2) is 0 Å². The van der Waals surface area contributed by atoms with E-state index < -0.39 is 0 Å². The molecule has 0 unspecified atom stereocenters. The van der Waals surface area contributed by atoms with Crippen LogP contribution in [0.2, 0.25) is 0 Å².